The van der Waals surface area contributed by atoms with Crippen molar-refractivity contribution in [3.8, 4) is 0 Å². The van der Waals surface area contributed by atoms with E-state index in [1.54, 1.807) is 0 Å². The first-order valence-electron chi connectivity index (χ1n) is 9.50. The van der Waals surface area contributed by atoms with Crippen LogP contribution in [0.15, 0.2) is 0 Å². The summed E-state index contributed by atoms with van der Waals surface area (Å²) in [5.41, 5.74) is -2.60. The number of carbonyl (C=O) groups excluding carboxylic acids is 2. The highest BCUT2D eigenvalue weighted by atomic mass is 32.2. The first-order chi connectivity index (χ1) is 13.9. The van der Waals surface area contributed by atoms with Crippen LogP contribution in [-0.4, -0.2) is 72.6 Å². The van der Waals surface area contributed by atoms with Gasteiger partial charge in [-0.25, -0.2) is 4.79 Å². The zero-order valence-electron chi connectivity index (χ0n) is 15.8. The molecule has 168 valence electrons. The number of halogens is 2. The Hall–Kier alpha value is -1.86. The van der Waals surface area contributed by atoms with Crippen molar-refractivity contribution < 1.29 is 55.1 Å². The summed E-state index contributed by atoms with van der Waals surface area (Å²) in [5, 5.41) is 7.52. The van der Waals surface area contributed by atoms with Gasteiger partial charge in [0.05, 0.1) is 0 Å². The van der Waals surface area contributed by atoms with E-state index in [0.29, 0.717) is 6.42 Å². The van der Waals surface area contributed by atoms with Gasteiger partial charge in [-0.15, -0.1) is 0 Å². The van der Waals surface area contributed by atoms with Crippen molar-refractivity contribution in [1.82, 2.24) is 0 Å². The largest absolute Gasteiger partial charge is 0.477 e. The molecule has 0 aromatic carbocycles. The number of carboxylic acid groups (broad SMARTS) is 1. The van der Waals surface area contributed by atoms with Crippen LogP contribution in [0.3, 0.4) is 0 Å². The van der Waals surface area contributed by atoms with Crippen molar-refractivity contribution in [2.75, 3.05) is 0 Å². The van der Waals surface area contributed by atoms with E-state index in [0.717, 1.165) is 6.92 Å². The molecule has 4 rings (SSSR count). The highest BCUT2D eigenvalue weighted by Gasteiger charge is 2.74. The van der Waals surface area contributed by atoms with E-state index >= 15 is 0 Å². The normalized spacial score (nSPS) is 38.2. The number of fused-ring (bicyclic) bond motifs is 1. The summed E-state index contributed by atoms with van der Waals surface area (Å²) in [6.07, 6.45) is -4.54. The van der Waals surface area contributed by atoms with Gasteiger partial charge in [-0.05, 0) is 25.7 Å². The Morgan fingerprint density at radius 3 is 2.30 bits per heavy atom. The predicted octanol–water partition coefficient (Wildman–Crippen LogP) is 0.378. The number of rotatable bonds is 5. The molecule has 1 N–H and O–H groups in total. The number of hydrogen-bond acceptors (Lipinski definition) is 9. The zero-order chi connectivity index (χ0) is 22.1. The molecule has 4 aliphatic rings. The number of hydrogen-bond donors (Lipinski definition) is 1. The molecular weight excluding hydrogens is 434 g/mol. The number of esters is 2. The maximum atomic E-state index is 14.6. The number of alkyl halides is 2. The van der Waals surface area contributed by atoms with E-state index in [-0.39, 0.29) is 25.7 Å². The molecule has 2 bridgehead atoms. The topological polar surface area (TPSA) is 142 Å². The monoisotopic (exact) mass is 454 g/mol. The van der Waals surface area contributed by atoms with Gasteiger partial charge in [0.2, 0.25) is 0 Å². The maximum Gasteiger partial charge on any atom is 0.381 e. The van der Waals surface area contributed by atoms with Crippen LogP contribution in [0.5, 0.6) is 0 Å². The van der Waals surface area contributed by atoms with Crippen LogP contribution < -0.4 is 0 Å². The molecule has 3 heterocycles. The van der Waals surface area contributed by atoms with Gasteiger partial charge in [-0.3, -0.25) is 13.8 Å². The van der Waals surface area contributed by atoms with Gasteiger partial charge in [-0.2, -0.15) is 17.2 Å². The number of carbonyl (C=O) groups is 3. The molecule has 0 amide bonds. The van der Waals surface area contributed by atoms with Crippen LogP contribution in [0.4, 0.5) is 8.78 Å². The van der Waals surface area contributed by atoms with Gasteiger partial charge in [0.25, 0.3) is 10.1 Å². The summed E-state index contributed by atoms with van der Waals surface area (Å²) in [6.45, 7) is 1.07. The van der Waals surface area contributed by atoms with Crippen LogP contribution in [0, 0.1) is 5.92 Å². The van der Waals surface area contributed by atoms with Gasteiger partial charge in [0.15, 0.2) is 11.7 Å². The Kier molecular flexibility index (Phi) is 4.86. The molecule has 1 saturated carbocycles. The number of aliphatic carboxylic acids is 1. The summed E-state index contributed by atoms with van der Waals surface area (Å²) in [7, 11) is -4.33. The van der Waals surface area contributed by atoms with Gasteiger partial charge in [-0.1, -0.05) is 6.42 Å². The van der Waals surface area contributed by atoms with Crippen molar-refractivity contribution in [3.05, 3.63) is 0 Å². The van der Waals surface area contributed by atoms with Gasteiger partial charge in [0, 0.05) is 6.92 Å². The first-order valence-corrected chi connectivity index (χ1v) is 11.0. The van der Waals surface area contributed by atoms with Crippen LogP contribution in [0.2, 0.25) is 0 Å². The minimum Gasteiger partial charge on any atom is -0.477 e. The maximum absolute atomic E-state index is 14.6. The van der Waals surface area contributed by atoms with E-state index in [1.807, 2.05) is 0 Å². The lowest BCUT2D eigenvalue weighted by Crippen LogP contribution is -2.59. The molecule has 0 radical (unpaired) electrons. The third kappa shape index (κ3) is 2.93. The second-order valence-electron chi connectivity index (χ2n) is 8.04. The fourth-order valence-corrected chi connectivity index (χ4v) is 6.81. The Balaban J connectivity index is 1.66. The second-order valence-corrected chi connectivity index (χ2v) is 9.76. The summed E-state index contributed by atoms with van der Waals surface area (Å²) in [5.74, 6) is -10.5. The third-order valence-electron chi connectivity index (χ3n) is 6.27. The Labute approximate surface area is 169 Å². The van der Waals surface area contributed by atoms with Crippen molar-refractivity contribution in [1.29, 1.82) is 0 Å². The average molecular weight is 454 g/mol. The highest BCUT2D eigenvalue weighted by Crippen LogP contribution is 2.53. The fourth-order valence-electron chi connectivity index (χ4n) is 4.98. The lowest BCUT2D eigenvalue weighted by atomic mass is 9.79. The van der Waals surface area contributed by atoms with E-state index in [2.05, 4.69) is 0 Å². The van der Waals surface area contributed by atoms with Crippen LogP contribution in [-0.2, 0) is 42.9 Å². The number of ether oxygens (including phenoxy) is 3. The van der Waals surface area contributed by atoms with E-state index in [9.17, 15) is 31.6 Å². The molecule has 0 aromatic rings. The molecule has 4 fully saturated rings. The van der Waals surface area contributed by atoms with Crippen LogP contribution >= 0.6 is 0 Å². The molecule has 10 nitrogen and oxygen atoms in total. The van der Waals surface area contributed by atoms with Crippen molar-refractivity contribution in [2.45, 2.75) is 80.2 Å². The molecule has 1 aliphatic carbocycles. The standard InChI is InChI=1S/C17H20F2O10S/c1-7(20)26-10-9-8(13-12(27-9)11(10)29-30(13,24)25)14(21)28-16(5-3-2-4-6-16)17(18,19)15(22)23/h8-13H,2-6H2,1H3,(H,22,23). The quantitative estimate of drug-likeness (QED) is 0.457. The van der Waals surface area contributed by atoms with E-state index < -0.39 is 75.1 Å². The Morgan fingerprint density at radius 1 is 1.10 bits per heavy atom. The molecular formula is C17H20F2O10S. The van der Waals surface area contributed by atoms with Crippen molar-refractivity contribution >= 4 is 28.0 Å². The Morgan fingerprint density at radius 2 is 1.73 bits per heavy atom. The lowest BCUT2D eigenvalue weighted by molar-refractivity contribution is -0.233. The van der Waals surface area contributed by atoms with Gasteiger partial charge in [0.1, 0.15) is 29.5 Å². The van der Waals surface area contributed by atoms with Crippen LogP contribution in [0.25, 0.3) is 0 Å². The first kappa shape index (κ1) is 21.4. The SMILES string of the molecule is CC(=O)OC1C2OS(=O)(=O)C3C2OC1C3C(=O)OC1(C(F)(F)C(=O)O)CCCCC1. The number of carboxylic acids is 1. The summed E-state index contributed by atoms with van der Waals surface area (Å²) in [4.78, 5) is 35.6. The van der Waals surface area contributed by atoms with Crippen molar-refractivity contribution in [3.63, 3.8) is 0 Å². The molecule has 13 heteroatoms. The summed E-state index contributed by atoms with van der Waals surface area (Å²) >= 11 is 0. The van der Waals surface area contributed by atoms with E-state index in [4.69, 9.17) is 23.5 Å². The molecule has 30 heavy (non-hydrogen) atoms. The predicted molar refractivity (Wildman–Crippen MR) is 89.8 cm³/mol. The molecule has 0 aromatic heterocycles. The molecule has 6 unspecified atom stereocenters. The Bertz CT molecular complexity index is 881. The van der Waals surface area contributed by atoms with Gasteiger partial charge >= 0.3 is 23.8 Å². The molecule has 3 saturated heterocycles. The molecule has 3 aliphatic heterocycles. The summed E-state index contributed by atoms with van der Waals surface area (Å²) < 4.78 is 74.7. The van der Waals surface area contributed by atoms with Crippen molar-refractivity contribution in [2.24, 2.45) is 5.92 Å². The lowest BCUT2D eigenvalue weighted by Gasteiger charge is -2.41. The minimum atomic E-state index is -4.37. The molecule has 0 spiro atoms. The van der Waals surface area contributed by atoms with Crippen LogP contribution in [0.1, 0.15) is 39.0 Å². The smallest absolute Gasteiger partial charge is 0.381 e. The zero-order valence-corrected chi connectivity index (χ0v) is 16.6. The fraction of sp³-hybridized carbons (Fsp3) is 0.824. The summed E-state index contributed by atoms with van der Waals surface area (Å²) in [6, 6.07) is 0. The molecule has 6 atom stereocenters. The third-order valence-corrected chi connectivity index (χ3v) is 7.99. The minimum absolute atomic E-state index is 0.215. The average Bonchev–Trinajstić information content (AvgIpc) is 3.24. The highest BCUT2D eigenvalue weighted by molar-refractivity contribution is 7.87. The second kappa shape index (κ2) is 6.82. The van der Waals surface area contributed by atoms with E-state index in [1.165, 1.54) is 0 Å². The van der Waals surface area contributed by atoms with Gasteiger partial charge < -0.3 is 19.3 Å².